The van der Waals surface area contributed by atoms with Gasteiger partial charge in [-0.1, -0.05) is 128 Å². The molecule has 10 rings (SSSR count). The summed E-state index contributed by atoms with van der Waals surface area (Å²) in [7, 11) is 11.2. The standard InChI is InChI=1S/C48H46B5N3/c1-25-20-27-22-26(2)48(31(21-25)23-27)36-15-9-8-14-34(36)38-33-13-7-6-12-32(33)35(24-37(38)48)46-54-45(30-18-16-29(17-19-30)28-10-4-3-5-11-28)55-47(56-46)39-40(49)42(51)44(53)43(52)41(39)50/h3-19,24-27,31H,20-23,49-53H2,1-2H3. The fourth-order valence-electron chi connectivity index (χ4n) is 11.8. The first-order chi connectivity index (χ1) is 27.1. The van der Waals surface area contributed by atoms with E-state index >= 15 is 0 Å². The highest BCUT2D eigenvalue weighted by molar-refractivity contribution is 6.68. The Bertz CT molecular complexity index is 2680. The predicted molar refractivity (Wildman–Crippen MR) is 250 cm³/mol. The molecule has 0 aliphatic heterocycles. The van der Waals surface area contributed by atoms with Crippen molar-refractivity contribution in [2.45, 2.75) is 44.9 Å². The molecule has 5 unspecified atom stereocenters. The van der Waals surface area contributed by atoms with Crippen LogP contribution in [0.3, 0.4) is 0 Å². The van der Waals surface area contributed by atoms with E-state index in [1.807, 2.05) is 0 Å². The van der Waals surface area contributed by atoms with Crippen molar-refractivity contribution >= 4 is 77.3 Å². The summed E-state index contributed by atoms with van der Waals surface area (Å²) in [5.74, 6) is 4.90. The Kier molecular flexibility index (Phi) is 8.37. The van der Waals surface area contributed by atoms with Crippen LogP contribution in [-0.2, 0) is 5.41 Å². The predicted octanol–water partition coefficient (Wildman–Crippen LogP) is 3.34. The Morgan fingerprint density at radius 1 is 0.482 bits per heavy atom. The molecule has 1 aromatic heterocycles. The Morgan fingerprint density at radius 2 is 1.07 bits per heavy atom. The van der Waals surface area contributed by atoms with Gasteiger partial charge in [-0.3, -0.25) is 0 Å². The summed E-state index contributed by atoms with van der Waals surface area (Å²) in [6.45, 7) is 5.05. The van der Waals surface area contributed by atoms with E-state index in [0.29, 0.717) is 17.7 Å². The number of rotatable bonds is 4. The zero-order valence-corrected chi connectivity index (χ0v) is 33.9. The van der Waals surface area contributed by atoms with Gasteiger partial charge in [-0.25, -0.2) is 15.0 Å². The van der Waals surface area contributed by atoms with E-state index in [2.05, 4.69) is 162 Å². The average Bonchev–Trinajstić information content (AvgIpc) is 3.52. The van der Waals surface area contributed by atoms with Crippen LogP contribution in [0.5, 0.6) is 0 Å². The Labute approximate surface area is 336 Å². The smallest absolute Gasteiger partial charge is 0.164 e. The lowest BCUT2D eigenvalue weighted by Crippen LogP contribution is -2.55. The van der Waals surface area contributed by atoms with Crippen molar-refractivity contribution in [3.05, 3.63) is 120 Å². The van der Waals surface area contributed by atoms with E-state index in [0.717, 1.165) is 40.2 Å². The van der Waals surface area contributed by atoms with Gasteiger partial charge >= 0.3 is 0 Å². The minimum absolute atomic E-state index is 0.0415. The van der Waals surface area contributed by atoms with E-state index in [9.17, 15) is 0 Å². The number of hydrogen-bond acceptors (Lipinski definition) is 3. The van der Waals surface area contributed by atoms with Gasteiger partial charge in [-0.15, -0.1) is 16.4 Å². The first kappa shape index (κ1) is 35.3. The van der Waals surface area contributed by atoms with Crippen LogP contribution in [0.4, 0.5) is 0 Å². The van der Waals surface area contributed by atoms with Crippen LogP contribution in [0.1, 0.15) is 50.7 Å². The minimum Gasteiger partial charge on any atom is -0.208 e. The molecule has 2 saturated carbocycles. The molecule has 0 N–H and O–H groups in total. The number of nitrogens with zero attached hydrogens (tertiary/aromatic N) is 3. The third-order valence-corrected chi connectivity index (χ3v) is 14.6. The fourth-order valence-corrected chi connectivity index (χ4v) is 11.8. The van der Waals surface area contributed by atoms with Crippen molar-refractivity contribution in [2.75, 3.05) is 0 Å². The van der Waals surface area contributed by atoms with Gasteiger partial charge < -0.3 is 0 Å². The lowest BCUT2D eigenvalue weighted by Gasteiger charge is -2.54. The van der Waals surface area contributed by atoms with Gasteiger partial charge in [0.15, 0.2) is 17.5 Å². The summed E-state index contributed by atoms with van der Waals surface area (Å²) in [4.78, 5) is 16.3. The summed E-state index contributed by atoms with van der Waals surface area (Å²) in [5, 5.41) is 2.50. The van der Waals surface area contributed by atoms with Crippen LogP contribution < -0.4 is 27.3 Å². The highest BCUT2D eigenvalue weighted by Crippen LogP contribution is 2.65. The summed E-state index contributed by atoms with van der Waals surface area (Å²) >= 11 is 0. The molecule has 8 heteroatoms. The maximum absolute atomic E-state index is 5.53. The largest absolute Gasteiger partial charge is 0.208 e. The SMILES string of the molecule is Bc1c(B)c(B)c(-c2nc(-c3ccc(-c4ccccc4)cc3)nc(-c3cc4c(c5ccccc35)-c3ccccc3C43C(C)CC4CC(C)CC3C4)n2)c(B)c1B. The molecule has 56 heavy (non-hydrogen) atoms. The van der Waals surface area contributed by atoms with Crippen LogP contribution in [0.15, 0.2) is 109 Å². The van der Waals surface area contributed by atoms with Crippen molar-refractivity contribution < 1.29 is 0 Å². The monoisotopic (exact) mass is 719 g/mol. The molecule has 5 atom stereocenters. The first-order valence-corrected chi connectivity index (χ1v) is 20.8. The number of benzene rings is 6. The molecule has 2 bridgehead atoms. The van der Waals surface area contributed by atoms with Crippen LogP contribution in [0, 0.1) is 23.7 Å². The van der Waals surface area contributed by atoms with E-state index < -0.39 is 0 Å². The normalized spacial score (nSPS) is 22.2. The van der Waals surface area contributed by atoms with Gasteiger partial charge in [0.2, 0.25) is 0 Å². The lowest BCUT2D eigenvalue weighted by molar-refractivity contribution is 0.0426. The van der Waals surface area contributed by atoms with Crippen LogP contribution >= 0.6 is 0 Å². The van der Waals surface area contributed by atoms with Crippen LogP contribution in [-0.4, -0.2) is 54.2 Å². The molecule has 3 nitrogen and oxygen atoms in total. The second-order valence-electron chi connectivity index (χ2n) is 17.6. The molecule has 3 aliphatic carbocycles. The Hall–Kier alpha value is -5.09. The molecular formula is C48H46B5N3. The Balaban J connectivity index is 1.25. The zero-order valence-electron chi connectivity index (χ0n) is 33.9. The van der Waals surface area contributed by atoms with Gasteiger partial charge in [0.05, 0.1) is 0 Å². The van der Waals surface area contributed by atoms with E-state index in [-0.39, 0.29) is 5.41 Å². The van der Waals surface area contributed by atoms with E-state index in [1.54, 1.807) is 0 Å². The lowest BCUT2D eigenvalue weighted by atomic mass is 9.49. The maximum Gasteiger partial charge on any atom is 0.164 e. The van der Waals surface area contributed by atoms with Gasteiger partial charge in [-0.05, 0) is 99.6 Å². The fraction of sp³-hybridized carbons (Fsp3) is 0.229. The molecule has 3 aliphatic rings. The van der Waals surface area contributed by atoms with Crippen LogP contribution in [0.25, 0.3) is 67.2 Å². The number of fused-ring (bicyclic) bond motifs is 10. The summed E-state index contributed by atoms with van der Waals surface area (Å²) in [5.41, 5.74) is 17.8. The van der Waals surface area contributed by atoms with E-state index in [4.69, 9.17) is 15.0 Å². The number of hydrogen-bond donors (Lipinski definition) is 0. The quantitative estimate of drug-likeness (QED) is 0.263. The van der Waals surface area contributed by atoms with Crippen molar-refractivity contribution in [2.24, 2.45) is 23.7 Å². The van der Waals surface area contributed by atoms with Gasteiger partial charge in [-0.2, -0.15) is 0 Å². The van der Waals surface area contributed by atoms with Crippen molar-refractivity contribution in [1.29, 1.82) is 0 Å². The molecule has 2 fully saturated rings. The molecule has 0 amide bonds. The van der Waals surface area contributed by atoms with E-state index in [1.165, 1.54) is 97.2 Å². The second-order valence-corrected chi connectivity index (χ2v) is 17.6. The minimum atomic E-state index is -0.0415. The third-order valence-electron chi connectivity index (χ3n) is 14.6. The van der Waals surface area contributed by atoms with Crippen molar-refractivity contribution in [1.82, 2.24) is 15.0 Å². The van der Waals surface area contributed by atoms with Crippen LogP contribution in [0.2, 0.25) is 0 Å². The molecular weight excluding hydrogens is 673 g/mol. The summed E-state index contributed by atoms with van der Waals surface area (Å²) < 4.78 is 0. The Morgan fingerprint density at radius 3 is 1.82 bits per heavy atom. The second kappa shape index (κ2) is 13.3. The van der Waals surface area contributed by atoms with Crippen molar-refractivity contribution in [3.8, 4) is 56.4 Å². The highest BCUT2D eigenvalue weighted by atomic mass is 15.0. The maximum atomic E-state index is 5.53. The molecule has 7 aromatic rings. The van der Waals surface area contributed by atoms with Gasteiger partial charge in [0.25, 0.3) is 0 Å². The average molecular weight is 719 g/mol. The zero-order chi connectivity index (χ0) is 38.5. The van der Waals surface area contributed by atoms with Gasteiger partial charge in [0, 0.05) is 22.1 Å². The molecule has 1 spiro atoms. The summed E-state index contributed by atoms with van der Waals surface area (Å²) in [6, 6.07) is 40.3. The molecule has 1 heterocycles. The van der Waals surface area contributed by atoms with Crippen molar-refractivity contribution in [3.63, 3.8) is 0 Å². The molecule has 0 radical (unpaired) electrons. The topological polar surface area (TPSA) is 38.7 Å². The number of aromatic nitrogens is 3. The molecule has 6 aromatic carbocycles. The summed E-state index contributed by atoms with van der Waals surface area (Å²) in [6.07, 6.45) is 5.24. The highest BCUT2D eigenvalue weighted by Gasteiger charge is 2.57. The van der Waals surface area contributed by atoms with Gasteiger partial charge in [0.1, 0.15) is 39.2 Å². The first-order valence-electron chi connectivity index (χ1n) is 20.8. The molecule has 268 valence electrons. The molecule has 0 saturated heterocycles. The third kappa shape index (κ3) is 5.20.